The number of aryl methyl sites for hydroxylation is 1. The summed E-state index contributed by atoms with van der Waals surface area (Å²) < 4.78 is 11.2. The van der Waals surface area contributed by atoms with Crippen molar-refractivity contribution < 1.29 is 14.3 Å². The molecule has 1 saturated heterocycles. The molecule has 2 heterocycles. The molecule has 0 radical (unpaired) electrons. The van der Waals surface area contributed by atoms with Crippen LogP contribution in [-0.4, -0.2) is 25.2 Å². The van der Waals surface area contributed by atoms with Crippen LogP contribution < -0.4 is 25.6 Å². The summed E-state index contributed by atoms with van der Waals surface area (Å²) in [5.41, 5.74) is 9.76. The summed E-state index contributed by atoms with van der Waals surface area (Å²) in [6.45, 7) is 5.17. The first-order valence-electron chi connectivity index (χ1n) is 9.38. The fourth-order valence-corrected chi connectivity index (χ4v) is 3.47. The standard InChI is InChI=1S/C21H25N3O3/c1-13-3-5-15(6-4-13)17-12-18(24-23-17)21(25)22-14(2)16-7-8-19-20(11-16)27-10-9-26-19/h3-8,11,14,17-18,23-24H,9-10,12H2,1-2H3,(H,22,25). The third-order valence-electron chi connectivity index (χ3n) is 5.12. The highest BCUT2D eigenvalue weighted by Gasteiger charge is 2.30. The number of ether oxygens (including phenoxy) is 2. The molecule has 2 aliphatic heterocycles. The second-order valence-electron chi connectivity index (χ2n) is 7.17. The largest absolute Gasteiger partial charge is 0.486 e. The van der Waals surface area contributed by atoms with Crippen molar-refractivity contribution in [3.05, 3.63) is 59.2 Å². The Bertz CT molecular complexity index is 822. The van der Waals surface area contributed by atoms with Crippen LogP contribution in [-0.2, 0) is 4.79 Å². The summed E-state index contributed by atoms with van der Waals surface area (Å²) in [4.78, 5) is 12.7. The molecule has 2 aromatic rings. The van der Waals surface area contributed by atoms with Gasteiger partial charge in [-0.15, -0.1) is 0 Å². The average molecular weight is 367 g/mol. The Kier molecular flexibility index (Phi) is 5.01. The number of carbonyl (C=O) groups is 1. The van der Waals surface area contributed by atoms with E-state index in [9.17, 15) is 4.79 Å². The zero-order valence-electron chi connectivity index (χ0n) is 15.6. The van der Waals surface area contributed by atoms with Crippen molar-refractivity contribution in [2.24, 2.45) is 0 Å². The molecular formula is C21H25N3O3. The monoisotopic (exact) mass is 367 g/mol. The van der Waals surface area contributed by atoms with E-state index >= 15 is 0 Å². The summed E-state index contributed by atoms with van der Waals surface area (Å²) in [6, 6.07) is 13.9. The molecule has 6 nitrogen and oxygen atoms in total. The van der Waals surface area contributed by atoms with Gasteiger partial charge in [0.15, 0.2) is 11.5 Å². The van der Waals surface area contributed by atoms with Gasteiger partial charge < -0.3 is 14.8 Å². The van der Waals surface area contributed by atoms with Crippen molar-refractivity contribution in [3.8, 4) is 11.5 Å². The molecule has 27 heavy (non-hydrogen) atoms. The van der Waals surface area contributed by atoms with Crippen molar-refractivity contribution in [1.82, 2.24) is 16.2 Å². The lowest BCUT2D eigenvalue weighted by atomic mass is 10.0. The second-order valence-corrected chi connectivity index (χ2v) is 7.17. The fourth-order valence-electron chi connectivity index (χ4n) is 3.47. The van der Waals surface area contributed by atoms with Crippen molar-refractivity contribution in [2.75, 3.05) is 13.2 Å². The number of hydrazine groups is 1. The molecule has 4 rings (SSSR count). The van der Waals surface area contributed by atoms with Gasteiger partial charge in [0.2, 0.25) is 5.91 Å². The van der Waals surface area contributed by atoms with E-state index in [4.69, 9.17) is 9.47 Å². The maximum Gasteiger partial charge on any atom is 0.239 e. The van der Waals surface area contributed by atoms with Crippen molar-refractivity contribution in [2.45, 2.75) is 38.4 Å². The highest BCUT2D eigenvalue weighted by Crippen LogP contribution is 2.32. The lowest BCUT2D eigenvalue weighted by Gasteiger charge is -2.22. The molecule has 3 atom stereocenters. The van der Waals surface area contributed by atoms with Crippen LogP contribution in [0.5, 0.6) is 11.5 Å². The summed E-state index contributed by atoms with van der Waals surface area (Å²) in [5, 5.41) is 3.09. The highest BCUT2D eigenvalue weighted by atomic mass is 16.6. The molecule has 1 amide bonds. The van der Waals surface area contributed by atoms with Gasteiger partial charge in [0.05, 0.1) is 6.04 Å². The number of carbonyl (C=O) groups excluding carboxylic acids is 1. The van der Waals surface area contributed by atoms with E-state index in [2.05, 4.69) is 47.4 Å². The van der Waals surface area contributed by atoms with Crippen LogP contribution in [0.4, 0.5) is 0 Å². The van der Waals surface area contributed by atoms with Crippen LogP contribution >= 0.6 is 0 Å². The molecule has 6 heteroatoms. The number of nitrogens with one attached hydrogen (secondary N) is 3. The average Bonchev–Trinajstić information content (AvgIpc) is 3.18. The Hall–Kier alpha value is -2.57. The summed E-state index contributed by atoms with van der Waals surface area (Å²) >= 11 is 0. The Morgan fingerprint density at radius 3 is 2.59 bits per heavy atom. The predicted molar refractivity (Wildman–Crippen MR) is 103 cm³/mol. The smallest absolute Gasteiger partial charge is 0.239 e. The van der Waals surface area contributed by atoms with Crippen LogP contribution in [0.1, 0.15) is 42.1 Å². The Morgan fingerprint density at radius 1 is 1.07 bits per heavy atom. The Labute approximate surface area is 159 Å². The molecule has 0 bridgehead atoms. The number of amides is 1. The molecule has 0 saturated carbocycles. The molecule has 3 N–H and O–H groups in total. The van der Waals surface area contributed by atoms with Gasteiger partial charge >= 0.3 is 0 Å². The predicted octanol–water partition coefficient (Wildman–Crippen LogP) is 2.55. The number of fused-ring (bicyclic) bond motifs is 1. The second kappa shape index (κ2) is 7.58. The van der Waals surface area contributed by atoms with Crippen molar-refractivity contribution in [3.63, 3.8) is 0 Å². The highest BCUT2D eigenvalue weighted by molar-refractivity contribution is 5.82. The van der Waals surface area contributed by atoms with E-state index in [-0.39, 0.29) is 24.0 Å². The zero-order chi connectivity index (χ0) is 18.8. The van der Waals surface area contributed by atoms with Crippen LogP contribution in [0.15, 0.2) is 42.5 Å². The molecule has 0 spiro atoms. The van der Waals surface area contributed by atoms with E-state index in [1.54, 1.807) is 0 Å². The Balaban J connectivity index is 1.37. The van der Waals surface area contributed by atoms with Crippen LogP contribution in [0.3, 0.4) is 0 Å². The Morgan fingerprint density at radius 2 is 1.81 bits per heavy atom. The van der Waals surface area contributed by atoms with Gasteiger partial charge in [-0.2, -0.15) is 0 Å². The van der Waals surface area contributed by atoms with Crippen molar-refractivity contribution in [1.29, 1.82) is 0 Å². The third-order valence-corrected chi connectivity index (χ3v) is 5.12. The van der Waals surface area contributed by atoms with Gasteiger partial charge in [-0.1, -0.05) is 35.9 Å². The normalized spacial score (nSPS) is 22.3. The van der Waals surface area contributed by atoms with Gasteiger partial charge in [-0.3, -0.25) is 4.79 Å². The molecular weight excluding hydrogens is 342 g/mol. The zero-order valence-corrected chi connectivity index (χ0v) is 15.6. The van der Waals surface area contributed by atoms with E-state index in [0.29, 0.717) is 19.6 Å². The van der Waals surface area contributed by atoms with E-state index in [1.807, 2.05) is 25.1 Å². The quantitative estimate of drug-likeness (QED) is 0.775. The lowest BCUT2D eigenvalue weighted by molar-refractivity contribution is -0.123. The molecule has 0 aromatic heterocycles. The van der Waals surface area contributed by atoms with E-state index < -0.39 is 0 Å². The molecule has 142 valence electrons. The molecule has 2 aliphatic rings. The first-order valence-corrected chi connectivity index (χ1v) is 9.38. The van der Waals surface area contributed by atoms with E-state index in [1.165, 1.54) is 11.1 Å². The van der Waals surface area contributed by atoms with Gasteiger partial charge in [0, 0.05) is 6.04 Å². The fraction of sp³-hybridized carbons (Fsp3) is 0.381. The van der Waals surface area contributed by atoms with E-state index in [0.717, 1.165) is 17.1 Å². The minimum atomic E-state index is -0.268. The summed E-state index contributed by atoms with van der Waals surface area (Å²) in [7, 11) is 0. The number of benzene rings is 2. The lowest BCUT2D eigenvalue weighted by Crippen LogP contribution is -2.43. The minimum absolute atomic E-state index is 0.0144. The minimum Gasteiger partial charge on any atom is -0.486 e. The van der Waals surface area contributed by atoms with Gasteiger partial charge in [0.25, 0.3) is 0 Å². The number of rotatable bonds is 4. The number of hydrogen-bond acceptors (Lipinski definition) is 5. The maximum absolute atomic E-state index is 12.7. The van der Waals surface area contributed by atoms with Gasteiger partial charge in [0.1, 0.15) is 19.3 Å². The van der Waals surface area contributed by atoms with Crippen LogP contribution in [0, 0.1) is 6.92 Å². The molecule has 1 fully saturated rings. The van der Waals surface area contributed by atoms with Crippen LogP contribution in [0.25, 0.3) is 0 Å². The third kappa shape index (κ3) is 3.91. The maximum atomic E-state index is 12.7. The summed E-state index contributed by atoms with van der Waals surface area (Å²) in [5.74, 6) is 1.48. The van der Waals surface area contributed by atoms with Crippen molar-refractivity contribution >= 4 is 5.91 Å². The first-order chi connectivity index (χ1) is 13.1. The number of hydrogen-bond donors (Lipinski definition) is 3. The topological polar surface area (TPSA) is 71.6 Å². The molecule has 2 aromatic carbocycles. The van der Waals surface area contributed by atoms with Crippen LogP contribution in [0.2, 0.25) is 0 Å². The molecule has 0 aliphatic carbocycles. The SMILES string of the molecule is Cc1ccc(C2CC(C(=O)NC(C)c3ccc4c(c3)OCCO4)NN2)cc1. The van der Waals surface area contributed by atoms with Gasteiger partial charge in [-0.25, -0.2) is 10.9 Å². The molecule has 3 unspecified atom stereocenters. The first kappa shape index (κ1) is 17.8. The van der Waals surface area contributed by atoms with Gasteiger partial charge in [-0.05, 0) is 43.5 Å². The summed E-state index contributed by atoms with van der Waals surface area (Å²) in [6.07, 6.45) is 0.711.